The van der Waals surface area contributed by atoms with Crippen molar-refractivity contribution in [1.82, 2.24) is 4.98 Å². The first kappa shape index (κ1) is 14.0. The predicted octanol–water partition coefficient (Wildman–Crippen LogP) is 4.20. The van der Waals surface area contributed by atoms with Crippen molar-refractivity contribution in [2.45, 2.75) is 6.92 Å². The number of nitrogens with one attached hydrogen (secondary N) is 1. The molecule has 0 saturated carbocycles. The molecule has 6 heteroatoms. The summed E-state index contributed by atoms with van der Waals surface area (Å²) in [5.41, 5.74) is 1.42. The van der Waals surface area contributed by atoms with Gasteiger partial charge < -0.3 is 5.32 Å². The molecule has 2 aromatic rings. The lowest BCUT2D eigenvalue weighted by Gasteiger charge is -2.09. The number of amides is 1. The molecule has 0 aliphatic rings. The quantitative estimate of drug-likeness (QED) is 0.831. The number of pyridine rings is 1. The molecule has 0 atom stereocenters. The van der Waals surface area contributed by atoms with E-state index in [4.69, 9.17) is 11.6 Å². The molecule has 2 rings (SSSR count). The Morgan fingerprint density at radius 2 is 2.16 bits per heavy atom. The smallest absolute Gasteiger partial charge is 0.255 e. The van der Waals surface area contributed by atoms with E-state index >= 15 is 0 Å². The van der Waals surface area contributed by atoms with Crippen LogP contribution >= 0.6 is 27.5 Å². The maximum Gasteiger partial charge on any atom is 0.255 e. The molecule has 1 heterocycles. The fraction of sp³-hybridized carbons (Fsp3) is 0.0769. The van der Waals surface area contributed by atoms with Crippen LogP contribution < -0.4 is 5.32 Å². The van der Waals surface area contributed by atoms with Gasteiger partial charge in [0.1, 0.15) is 5.82 Å². The molecule has 98 valence electrons. The summed E-state index contributed by atoms with van der Waals surface area (Å²) >= 11 is 8.94. The maximum absolute atomic E-state index is 13.4. The lowest BCUT2D eigenvalue weighted by atomic mass is 10.2. The minimum absolute atomic E-state index is 0.200. The van der Waals surface area contributed by atoms with Gasteiger partial charge in [0, 0.05) is 11.8 Å². The van der Waals surface area contributed by atoms with Crippen molar-refractivity contribution in [3.8, 4) is 0 Å². The Morgan fingerprint density at radius 3 is 2.79 bits per heavy atom. The molecule has 3 nitrogen and oxygen atoms in total. The average molecular weight is 344 g/mol. The van der Waals surface area contributed by atoms with Crippen LogP contribution in [0.5, 0.6) is 0 Å². The highest BCUT2D eigenvalue weighted by atomic mass is 79.9. The van der Waals surface area contributed by atoms with Crippen LogP contribution in [0.1, 0.15) is 15.9 Å². The number of aryl methyl sites for hydroxylation is 1. The van der Waals surface area contributed by atoms with Gasteiger partial charge in [-0.25, -0.2) is 9.37 Å². The average Bonchev–Trinajstić information content (AvgIpc) is 2.37. The molecule has 1 N–H and O–H groups in total. The van der Waals surface area contributed by atoms with E-state index in [2.05, 4.69) is 26.2 Å². The van der Waals surface area contributed by atoms with Crippen molar-refractivity contribution < 1.29 is 9.18 Å². The third-order valence-corrected chi connectivity index (χ3v) is 3.46. The van der Waals surface area contributed by atoms with Crippen LogP contribution in [0.2, 0.25) is 5.15 Å². The maximum atomic E-state index is 13.4. The zero-order valence-electron chi connectivity index (χ0n) is 9.88. The van der Waals surface area contributed by atoms with E-state index in [1.54, 1.807) is 19.2 Å². The zero-order chi connectivity index (χ0) is 14.0. The van der Waals surface area contributed by atoms with E-state index in [-0.39, 0.29) is 10.7 Å². The Bertz CT molecular complexity index is 628. The molecular formula is C13H9BrClFN2O. The fourth-order valence-corrected chi connectivity index (χ4v) is 2.00. The highest BCUT2D eigenvalue weighted by Gasteiger charge is 2.12. The second-order valence-corrected chi connectivity index (χ2v) is 5.09. The number of halogens is 3. The van der Waals surface area contributed by atoms with Crippen molar-refractivity contribution in [3.05, 3.63) is 57.0 Å². The predicted molar refractivity (Wildman–Crippen MR) is 76.0 cm³/mol. The van der Waals surface area contributed by atoms with E-state index in [9.17, 15) is 9.18 Å². The molecular weight excluding hydrogens is 335 g/mol. The van der Waals surface area contributed by atoms with Crippen LogP contribution in [0.25, 0.3) is 0 Å². The number of carbonyl (C=O) groups excluding carboxylic acids is 1. The Kier molecular flexibility index (Phi) is 4.17. The molecule has 0 unspecified atom stereocenters. The molecule has 0 fully saturated rings. The molecule has 0 saturated heterocycles. The summed E-state index contributed by atoms with van der Waals surface area (Å²) in [6.07, 6.45) is 1.55. The number of hydrogen-bond acceptors (Lipinski definition) is 2. The highest BCUT2D eigenvalue weighted by molar-refractivity contribution is 9.10. The van der Waals surface area contributed by atoms with Gasteiger partial charge in [-0.2, -0.15) is 0 Å². The second-order valence-electron chi connectivity index (χ2n) is 3.88. The molecule has 0 bridgehead atoms. The first-order chi connectivity index (χ1) is 8.99. The molecule has 0 aliphatic carbocycles. The van der Waals surface area contributed by atoms with Crippen LogP contribution in [0, 0.1) is 12.7 Å². The summed E-state index contributed by atoms with van der Waals surface area (Å²) in [7, 11) is 0. The standard InChI is InChI=1S/C13H9BrClFN2O/c1-7-4-5-17-12(15)11(7)18-13(19)8-2-3-9(14)10(16)6-8/h2-6H,1H3,(H,18,19). The minimum Gasteiger partial charge on any atom is -0.319 e. The molecule has 0 radical (unpaired) electrons. The topological polar surface area (TPSA) is 42.0 Å². The summed E-state index contributed by atoms with van der Waals surface area (Å²) in [4.78, 5) is 15.9. The Labute approximate surface area is 122 Å². The first-order valence-corrected chi connectivity index (χ1v) is 6.53. The van der Waals surface area contributed by atoms with Gasteiger partial charge in [-0.1, -0.05) is 11.6 Å². The molecule has 19 heavy (non-hydrogen) atoms. The fourth-order valence-electron chi connectivity index (χ4n) is 1.50. The lowest BCUT2D eigenvalue weighted by Crippen LogP contribution is -2.13. The number of anilines is 1. The van der Waals surface area contributed by atoms with Crippen molar-refractivity contribution in [2.75, 3.05) is 5.32 Å². The van der Waals surface area contributed by atoms with Crippen molar-refractivity contribution in [1.29, 1.82) is 0 Å². The monoisotopic (exact) mass is 342 g/mol. The Morgan fingerprint density at radius 1 is 1.42 bits per heavy atom. The molecule has 0 spiro atoms. The summed E-state index contributed by atoms with van der Waals surface area (Å²) < 4.78 is 13.7. The highest BCUT2D eigenvalue weighted by Crippen LogP contribution is 2.24. The van der Waals surface area contributed by atoms with Crippen LogP contribution in [-0.4, -0.2) is 10.9 Å². The molecule has 0 aliphatic heterocycles. The van der Waals surface area contributed by atoms with E-state index in [1.165, 1.54) is 12.1 Å². The third kappa shape index (κ3) is 3.11. The van der Waals surface area contributed by atoms with Gasteiger partial charge in [0.05, 0.1) is 10.2 Å². The van der Waals surface area contributed by atoms with Gasteiger partial charge >= 0.3 is 0 Å². The van der Waals surface area contributed by atoms with Crippen molar-refractivity contribution in [2.24, 2.45) is 0 Å². The number of aromatic nitrogens is 1. The normalized spacial score (nSPS) is 10.3. The van der Waals surface area contributed by atoms with Gasteiger partial charge in [0.25, 0.3) is 5.91 Å². The number of hydrogen-bond donors (Lipinski definition) is 1. The van der Waals surface area contributed by atoms with Gasteiger partial charge in [0.2, 0.25) is 0 Å². The number of benzene rings is 1. The third-order valence-electron chi connectivity index (χ3n) is 2.53. The second kappa shape index (κ2) is 5.67. The SMILES string of the molecule is Cc1ccnc(Cl)c1NC(=O)c1ccc(Br)c(F)c1. The van der Waals surface area contributed by atoms with E-state index in [0.717, 1.165) is 11.6 Å². The van der Waals surface area contributed by atoms with Gasteiger partial charge in [-0.3, -0.25) is 4.79 Å². The summed E-state index contributed by atoms with van der Waals surface area (Å²) in [6, 6.07) is 5.87. The summed E-state index contributed by atoms with van der Waals surface area (Å²) in [5, 5.41) is 2.83. The van der Waals surface area contributed by atoms with Gasteiger partial charge in [-0.05, 0) is 52.7 Å². The number of carbonyl (C=O) groups is 1. The van der Waals surface area contributed by atoms with E-state index in [1.807, 2.05) is 0 Å². The van der Waals surface area contributed by atoms with Crippen molar-refractivity contribution >= 4 is 39.1 Å². The zero-order valence-corrected chi connectivity index (χ0v) is 12.2. The first-order valence-electron chi connectivity index (χ1n) is 5.36. The van der Waals surface area contributed by atoms with Crippen LogP contribution in [0.3, 0.4) is 0 Å². The van der Waals surface area contributed by atoms with E-state index in [0.29, 0.717) is 10.2 Å². The number of rotatable bonds is 2. The van der Waals surface area contributed by atoms with Crippen LogP contribution in [-0.2, 0) is 0 Å². The Balaban J connectivity index is 2.28. The summed E-state index contributed by atoms with van der Waals surface area (Å²) in [5.74, 6) is -0.939. The summed E-state index contributed by atoms with van der Waals surface area (Å²) in [6.45, 7) is 1.80. The van der Waals surface area contributed by atoms with Gasteiger partial charge in [0.15, 0.2) is 5.15 Å². The van der Waals surface area contributed by atoms with Crippen LogP contribution in [0.15, 0.2) is 34.9 Å². The van der Waals surface area contributed by atoms with E-state index < -0.39 is 11.7 Å². The number of nitrogens with zero attached hydrogens (tertiary/aromatic N) is 1. The van der Waals surface area contributed by atoms with Crippen LogP contribution in [0.4, 0.5) is 10.1 Å². The van der Waals surface area contributed by atoms with Crippen molar-refractivity contribution in [3.63, 3.8) is 0 Å². The Hall–Kier alpha value is -1.46. The lowest BCUT2D eigenvalue weighted by molar-refractivity contribution is 0.102. The largest absolute Gasteiger partial charge is 0.319 e. The van der Waals surface area contributed by atoms with Gasteiger partial charge in [-0.15, -0.1) is 0 Å². The molecule has 1 aromatic heterocycles. The minimum atomic E-state index is -0.498. The molecule has 1 amide bonds. The molecule has 1 aromatic carbocycles.